The molecule has 0 aromatic carbocycles. The molecule has 0 saturated carbocycles. The molecule has 98 valence electrons. The zero-order chi connectivity index (χ0) is 12.3. The fraction of sp³-hybridized carbons (Fsp3) is 0.917. The monoisotopic (exact) mass is 241 g/mol. The van der Waals surface area contributed by atoms with E-state index in [0.29, 0.717) is 13.2 Å². The molecule has 2 heterocycles. The SMILES string of the molecule is CN(C)CC1(C(=O)N2CCNCC2)CCOC1. The largest absolute Gasteiger partial charge is 0.380 e. The van der Waals surface area contributed by atoms with Crippen molar-refractivity contribution in [1.82, 2.24) is 15.1 Å². The molecule has 0 spiro atoms. The van der Waals surface area contributed by atoms with Gasteiger partial charge in [-0.3, -0.25) is 4.79 Å². The number of ether oxygens (including phenoxy) is 1. The molecule has 2 fully saturated rings. The molecule has 1 unspecified atom stereocenters. The molecule has 2 aliphatic heterocycles. The standard InChI is InChI=1S/C12H23N3O2/c1-14(2)9-12(3-8-17-10-12)11(16)15-6-4-13-5-7-15/h13H,3-10H2,1-2H3. The van der Waals surface area contributed by atoms with Gasteiger partial charge in [-0.15, -0.1) is 0 Å². The normalized spacial score (nSPS) is 29.9. The number of carbonyl (C=O) groups is 1. The molecular formula is C12H23N3O2. The van der Waals surface area contributed by atoms with Crippen LogP contribution in [-0.2, 0) is 9.53 Å². The number of nitrogens with zero attached hydrogens (tertiary/aromatic N) is 2. The van der Waals surface area contributed by atoms with Crippen LogP contribution >= 0.6 is 0 Å². The number of hydrogen-bond acceptors (Lipinski definition) is 4. The summed E-state index contributed by atoms with van der Waals surface area (Å²) in [6, 6.07) is 0. The second-order valence-corrected chi connectivity index (χ2v) is 5.36. The van der Waals surface area contributed by atoms with Gasteiger partial charge in [0, 0.05) is 39.3 Å². The summed E-state index contributed by atoms with van der Waals surface area (Å²) >= 11 is 0. The van der Waals surface area contributed by atoms with E-state index in [-0.39, 0.29) is 11.3 Å². The van der Waals surface area contributed by atoms with Crippen molar-refractivity contribution in [2.75, 3.05) is 60.0 Å². The molecule has 2 saturated heterocycles. The second-order valence-electron chi connectivity index (χ2n) is 5.36. The fourth-order valence-corrected chi connectivity index (χ4v) is 2.78. The topological polar surface area (TPSA) is 44.8 Å². The maximum Gasteiger partial charge on any atom is 0.232 e. The smallest absolute Gasteiger partial charge is 0.232 e. The van der Waals surface area contributed by atoms with Crippen molar-refractivity contribution >= 4 is 5.91 Å². The van der Waals surface area contributed by atoms with Crippen LogP contribution in [0, 0.1) is 5.41 Å². The van der Waals surface area contributed by atoms with Gasteiger partial charge in [0.25, 0.3) is 0 Å². The van der Waals surface area contributed by atoms with E-state index in [1.54, 1.807) is 0 Å². The van der Waals surface area contributed by atoms with Crippen molar-refractivity contribution in [3.05, 3.63) is 0 Å². The van der Waals surface area contributed by atoms with E-state index >= 15 is 0 Å². The van der Waals surface area contributed by atoms with Crippen LogP contribution in [0.15, 0.2) is 0 Å². The Morgan fingerprint density at radius 2 is 2.12 bits per heavy atom. The number of nitrogens with one attached hydrogen (secondary N) is 1. The van der Waals surface area contributed by atoms with Gasteiger partial charge >= 0.3 is 0 Å². The fourth-order valence-electron chi connectivity index (χ4n) is 2.78. The van der Waals surface area contributed by atoms with Gasteiger partial charge in [0.15, 0.2) is 0 Å². The van der Waals surface area contributed by atoms with Crippen LogP contribution in [0.25, 0.3) is 0 Å². The van der Waals surface area contributed by atoms with E-state index in [4.69, 9.17) is 4.74 Å². The summed E-state index contributed by atoms with van der Waals surface area (Å²) in [7, 11) is 4.04. The maximum atomic E-state index is 12.6. The first-order valence-corrected chi connectivity index (χ1v) is 6.37. The molecule has 0 aliphatic carbocycles. The number of hydrogen-bond donors (Lipinski definition) is 1. The lowest BCUT2D eigenvalue weighted by Crippen LogP contribution is -2.54. The van der Waals surface area contributed by atoms with Gasteiger partial charge in [0.1, 0.15) is 0 Å². The molecule has 5 nitrogen and oxygen atoms in total. The first kappa shape index (κ1) is 12.8. The molecule has 5 heteroatoms. The number of rotatable bonds is 3. The number of carbonyl (C=O) groups excluding carboxylic acids is 1. The predicted octanol–water partition coefficient (Wildman–Crippen LogP) is -0.613. The van der Waals surface area contributed by atoms with Gasteiger partial charge < -0.3 is 19.9 Å². The summed E-state index contributed by atoms with van der Waals surface area (Å²) < 4.78 is 5.48. The number of piperazine rings is 1. The van der Waals surface area contributed by atoms with E-state index < -0.39 is 0 Å². The minimum absolute atomic E-state index is 0.283. The van der Waals surface area contributed by atoms with E-state index in [1.165, 1.54) is 0 Å². The minimum atomic E-state index is -0.305. The average molecular weight is 241 g/mol. The Morgan fingerprint density at radius 1 is 1.41 bits per heavy atom. The molecule has 0 bridgehead atoms. The van der Waals surface area contributed by atoms with Gasteiger partial charge in [-0.05, 0) is 20.5 Å². The Labute approximate surface area is 103 Å². The quantitative estimate of drug-likeness (QED) is 0.716. The molecule has 1 atom stereocenters. The molecular weight excluding hydrogens is 218 g/mol. The highest BCUT2D eigenvalue weighted by atomic mass is 16.5. The van der Waals surface area contributed by atoms with Crippen molar-refractivity contribution in [3.63, 3.8) is 0 Å². The van der Waals surface area contributed by atoms with Crippen LogP contribution in [-0.4, -0.2) is 75.7 Å². The van der Waals surface area contributed by atoms with E-state index in [0.717, 1.165) is 39.1 Å². The van der Waals surface area contributed by atoms with Crippen molar-refractivity contribution in [2.45, 2.75) is 6.42 Å². The van der Waals surface area contributed by atoms with Crippen molar-refractivity contribution in [2.24, 2.45) is 5.41 Å². The van der Waals surface area contributed by atoms with Gasteiger partial charge in [-0.2, -0.15) is 0 Å². The van der Waals surface area contributed by atoms with Crippen molar-refractivity contribution in [3.8, 4) is 0 Å². The van der Waals surface area contributed by atoms with Crippen LogP contribution in [0.2, 0.25) is 0 Å². The Morgan fingerprint density at radius 3 is 2.65 bits per heavy atom. The molecule has 1 amide bonds. The summed E-state index contributed by atoms with van der Waals surface area (Å²) in [5.41, 5.74) is -0.305. The summed E-state index contributed by atoms with van der Waals surface area (Å²) in [6.45, 7) is 5.55. The van der Waals surface area contributed by atoms with Crippen LogP contribution < -0.4 is 5.32 Å². The van der Waals surface area contributed by atoms with Crippen LogP contribution in [0.5, 0.6) is 0 Å². The molecule has 0 aromatic rings. The molecule has 0 radical (unpaired) electrons. The molecule has 17 heavy (non-hydrogen) atoms. The highest BCUT2D eigenvalue weighted by Gasteiger charge is 2.45. The molecule has 0 aromatic heterocycles. The summed E-state index contributed by atoms with van der Waals surface area (Å²) in [5, 5.41) is 3.28. The lowest BCUT2D eigenvalue weighted by Gasteiger charge is -2.37. The van der Waals surface area contributed by atoms with E-state index in [9.17, 15) is 4.79 Å². The highest BCUT2D eigenvalue weighted by Crippen LogP contribution is 2.31. The zero-order valence-corrected chi connectivity index (χ0v) is 10.9. The molecule has 2 rings (SSSR count). The van der Waals surface area contributed by atoms with E-state index in [2.05, 4.69) is 10.2 Å². The average Bonchev–Trinajstić information content (AvgIpc) is 2.78. The lowest BCUT2D eigenvalue weighted by molar-refractivity contribution is -0.143. The maximum absolute atomic E-state index is 12.6. The van der Waals surface area contributed by atoms with Crippen LogP contribution in [0.3, 0.4) is 0 Å². The first-order chi connectivity index (χ1) is 8.14. The van der Waals surface area contributed by atoms with Gasteiger partial charge in [0.05, 0.1) is 12.0 Å². The Balaban J connectivity index is 2.06. The zero-order valence-electron chi connectivity index (χ0n) is 10.9. The molecule has 1 N–H and O–H groups in total. The lowest BCUT2D eigenvalue weighted by atomic mass is 9.85. The van der Waals surface area contributed by atoms with Gasteiger partial charge in [-0.1, -0.05) is 0 Å². The Bertz CT molecular complexity index is 269. The minimum Gasteiger partial charge on any atom is -0.380 e. The van der Waals surface area contributed by atoms with Crippen LogP contribution in [0.4, 0.5) is 0 Å². The summed E-state index contributed by atoms with van der Waals surface area (Å²) in [5.74, 6) is 0.283. The van der Waals surface area contributed by atoms with Crippen LogP contribution in [0.1, 0.15) is 6.42 Å². The summed E-state index contributed by atoms with van der Waals surface area (Å²) in [6.07, 6.45) is 0.855. The van der Waals surface area contributed by atoms with Gasteiger partial charge in [0.2, 0.25) is 5.91 Å². The summed E-state index contributed by atoms with van der Waals surface area (Å²) in [4.78, 5) is 16.7. The third kappa shape index (κ3) is 2.78. The second kappa shape index (κ2) is 5.33. The predicted molar refractivity (Wildman–Crippen MR) is 65.9 cm³/mol. The van der Waals surface area contributed by atoms with Crippen molar-refractivity contribution < 1.29 is 9.53 Å². The third-order valence-corrected chi connectivity index (χ3v) is 3.58. The van der Waals surface area contributed by atoms with Gasteiger partial charge in [-0.25, -0.2) is 0 Å². The third-order valence-electron chi connectivity index (χ3n) is 3.58. The molecule has 2 aliphatic rings. The number of amides is 1. The first-order valence-electron chi connectivity index (χ1n) is 6.37. The Hall–Kier alpha value is -0.650. The highest BCUT2D eigenvalue weighted by molar-refractivity contribution is 5.83. The van der Waals surface area contributed by atoms with E-state index in [1.807, 2.05) is 19.0 Å². The van der Waals surface area contributed by atoms with Crippen molar-refractivity contribution in [1.29, 1.82) is 0 Å². The Kier molecular flexibility index (Phi) is 4.01.